The van der Waals surface area contributed by atoms with Crippen molar-refractivity contribution in [3.05, 3.63) is 34.1 Å². The van der Waals surface area contributed by atoms with Gasteiger partial charge in [0.05, 0.1) is 16.1 Å². The molecule has 0 saturated heterocycles. The number of ether oxygens (including phenoxy) is 1. The Bertz CT molecular complexity index is 424. The number of hydrogen-bond donors (Lipinski definition) is 2. The van der Waals surface area contributed by atoms with E-state index in [1.54, 1.807) is 6.07 Å². The fourth-order valence-electron chi connectivity index (χ4n) is 2.66. The van der Waals surface area contributed by atoms with Crippen LogP contribution in [0.2, 0.25) is 0 Å². The number of halogens is 2. The van der Waals surface area contributed by atoms with Crippen molar-refractivity contribution in [2.24, 2.45) is 5.84 Å². The Kier molecular flexibility index (Phi) is 7.09. The van der Waals surface area contributed by atoms with Crippen molar-refractivity contribution in [3.63, 3.8) is 0 Å². The van der Waals surface area contributed by atoms with Gasteiger partial charge in [0.15, 0.2) is 0 Å². The normalized spacial score (nSPS) is 13.5. The smallest absolute Gasteiger partial charge is 0.137 e. The topological polar surface area (TPSA) is 47.3 Å². The van der Waals surface area contributed by atoms with Gasteiger partial charge < -0.3 is 4.74 Å². The van der Waals surface area contributed by atoms with Gasteiger partial charge >= 0.3 is 0 Å². The minimum atomic E-state index is -0.338. The lowest BCUT2D eigenvalue weighted by atomic mass is 9.84. The van der Waals surface area contributed by atoms with Crippen molar-refractivity contribution in [1.82, 2.24) is 5.43 Å². The summed E-state index contributed by atoms with van der Waals surface area (Å²) in [4.78, 5) is 0. The van der Waals surface area contributed by atoms with Crippen LogP contribution in [0.5, 0.6) is 0 Å². The van der Waals surface area contributed by atoms with E-state index in [9.17, 15) is 4.39 Å². The molecule has 0 bridgehead atoms. The van der Waals surface area contributed by atoms with Crippen molar-refractivity contribution >= 4 is 15.9 Å². The molecule has 5 heteroatoms. The average molecular weight is 347 g/mol. The number of nitrogens with two attached hydrogens (primary N) is 1. The molecule has 0 aliphatic rings. The van der Waals surface area contributed by atoms with Crippen molar-refractivity contribution in [3.8, 4) is 0 Å². The third-order valence-electron chi connectivity index (χ3n) is 3.92. The van der Waals surface area contributed by atoms with E-state index < -0.39 is 0 Å². The molecule has 1 aromatic rings. The summed E-state index contributed by atoms with van der Waals surface area (Å²) in [6.45, 7) is 6.78. The van der Waals surface area contributed by atoms with E-state index >= 15 is 0 Å². The molecule has 0 aliphatic carbocycles. The van der Waals surface area contributed by atoms with Crippen molar-refractivity contribution in [1.29, 1.82) is 0 Å². The summed E-state index contributed by atoms with van der Waals surface area (Å²) in [6.07, 6.45) is 2.30. The SMILES string of the molecule is CCOC(CC)(CC)C(Cc1cccc(F)c1Br)NN. The zero-order valence-corrected chi connectivity index (χ0v) is 14.0. The van der Waals surface area contributed by atoms with Gasteiger partial charge in [-0.15, -0.1) is 0 Å². The van der Waals surface area contributed by atoms with E-state index in [0.29, 0.717) is 17.5 Å². The maximum Gasteiger partial charge on any atom is 0.137 e. The zero-order chi connectivity index (χ0) is 15.2. The van der Waals surface area contributed by atoms with E-state index in [4.69, 9.17) is 10.6 Å². The predicted octanol–water partition coefficient (Wildman–Crippen LogP) is 3.56. The first-order valence-corrected chi connectivity index (χ1v) is 7.86. The highest BCUT2D eigenvalue weighted by molar-refractivity contribution is 9.10. The van der Waals surface area contributed by atoms with Crippen molar-refractivity contribution < 1.29 is 9.13 Å². The Hall–Kier alpha value is -0.490. The van der Waals surface area contributed by atoms with Gasteiger partial charge in [0.2, 0.25) is 0 Å². The van der Waals surface area contributed by atoms with Crippen LogP contribution < -0.4 is 11.3 Å². The lowest BCUT2D eigenvalue weighted by Gasteiger charge is -2.39. The molecular weight excluding hydrogens is 323 g/mol. The van der Waals surface area contributed by atoms with E-state index in [1.807, 2.05) is 13.0 Å². The molecule has 1 unspecified atom stereocenters. The summed E-state index contributed by atoms with van der Waals surface area (Å²) in [7, 11) is 0. The molecule has 0 saturated carbocycles. The molecule has 20 heavy (non-hydrogen) atoms. The van der Waals surface area contributed by atoms with Gasteiger partial charge in [-0.1, -0.05) is 26.0 Å². The van der Waals surface area contributed by atoms with E-state index in [1.165, 1.54) is 6.07 Å². The Labute approximate surface area is 129 Å². The molecule has 0 radical (unpaired) electrons. The molecule has 0 fully saturated rings. The molecule has 3 nitrogen and oxygen atoms in total. The number of hydrogen-bond acceptors (Lipinski definition) is 3. The van der Waals surface area contributed by atoms with Gasteiger partial charge in [-0.25, -0.2) is 4.39 Å². The molecule has 0 spiro atoms. The van der Waals surface area contributed by atoms with Crippen LogP contribution in [0.1, 0.15) is 39.2 Å². The van der Waals surface area contributed by atoms with Crippen LogP contribution >= 0.6 is 15.9 Å². The Morgan fingerprint density at radius 2 is 2.00 bits per heavy atom. The summed E-state index contributed by atoms with van der Waals surface area (Å²) in [6, 6.07) is 4.98. The monoisotopic (exact) mass is 346 g/mol. The molecule has 1 atom stereocenters. The first kappa shape index (κ1) is 17.6. The molecule has 0 amide bonds. The second-order valence-corrected chi connectivity index (χ2v) is 5.63. The molecule has 1 rings (SSSR count). The number of hydrazine groups is 1. The maximum atomic E-state index is 13.6. The third kappa shape index (κ3) is 3.79. The minimum absolute atomic E-state index is 0.0736. The highest BCUT2D eigenvalue weighted by Gasteiger charge is 2.36. The van der Waals surface area contributed by atoms with Gasteiger partial charge in [-0.3, -0.25) is 11.3 Å². The Balaban J connectivity index is 3.03. The van der Waals surface area contributed by atoms with Crippen LogP contribution in [0.25, 0.3) is 0 Å². The van der Waals surface area contributed by atoms with Crippen LogP contribution in [-0.4, -0.2) is 18.2 Å². The van der Waals surface area contributed by atoms with E-state index in [0.717, 1.165) is 18.4 Å². The minimum Gasteiger partial charge on any atom is -0.374 e. The highest BCUT2D eigenvalue weighted by atomic mass is 79.9. The lowest BCUT2D eigenvalue weighted by Crippen LogP contribution is -2.55. The molecule has 0 heterocycles. The fourth-order valence-corrected chi connectivity index (χ4v) is 3.08. The van der Waals surface area contributed by atoms with Gasteiger partial charge in [0.1, 0.15) is 5.82 Å². The second kappa shape index (κ2) is 8.08. The van der Waals surface area contributed by atoms with Crippen LogP contribution in [0, 0.1) is 5.82 Å². The largest absolute Gasteiger partial charge is 0.374 e. The molecule has 0 aromatic heterocycles. The summed E-state index contributed by atoms with van der Waals surface area (Å²) in [5.41, 5.74) is 3.41. The van der Waals surface area contributed by atoms with Crippen LogP contribution in [0.15, 0.2) is 22.7 Å². The Morgan fingerprint density at radius 3 is 2.50 bits per heavy atom. The average Bonchev–Trinajstić information content (AvgIpc) is 2.47. The summed E-state index contributed by atoms with van der Waals surface area (Å²) >= 11 is 3.30. The van der Waals surface area contributed by atoms with E-state index in [2.05, 4.69) is 35.2 Å². The molecule has 0 aliphatic heterocycles. The fraction of sp³-hybridized carbons (Fsp3) is 0.600. The van der Waals surface area contributed by atoms with Crippen LogP contribution in [-0.2, 0) is 11.2 Å². The van der Waals surface area contributed by atoms with Gasteiger partial charge in [0.25, 0.3) is 0 Å². The summed E-state index contributed by atoms with van der Waals surface area (Å²) < 4.78 is 20.1. The van der Waals surface area contributed by atoms with Gasteiger partial charge in [0, 0.05) is 6.61 Å². The maximum absolute atomic E-state index is 13.6. The first-order valence-electron chi connectivity index (χ1n) is 7.07. The third-order valence-corrected chi connectivity index (χ3v) is 4.81. The standard InChI is InChI=1S/C15H24BrFN2O/c1-4-15(5-2,20-6-3)13(19-18)10-11-8-7-9-12(17)14(11)16/h7-9,13,19H,4-6,10,18H2,1-3H3. The molecule has 3 N–H and O–H groups in total. The van der Waals surface area contributed by atoms with Crippen LogP contribution in [0.4, 0.5) is 4.39 Å². The lowest BCUT2D eigenvalue weighted by molar-refractivity contribution is -0.0720. The summed E-state index contributed by atoms with van der Waals surface area (Å²) in [5, 5.41) is 0. The predicted molar refractivity (Wildman–Crippen MR) is 83.9 cm³/mol. The second-order valence-electron chi connectivity index (χ2n) is 4.84. The summed E-state index contributed by atoms with van der Waals surface area (Å²) in [5.74, 6) is 5.48. The first-order chi connectivity index (χ1) is 9.54. The van der Waals surface area contributed by atoms with Crippen molar-refractivity contribution in [2.45, 2.75) is 51.7 Å². The quantitative estimate of drug-likeness (QED) is 0.558. The Morgan fingerprint density at radius 1 is 1.35 bits per heavy atom. The van der Waals surface area contributed by atoms with E-state index in [-0.39, 0.29) is 17.5 Å². The molecule has 114 valence electrons. The number of rotatable bonds is 8. The van der Waals surface area contributed by atoms with Gasteiger partial charge in [-0.05, 0) is 53.7 Å². The highest BCUT2D eigenvalue weighted by Crippen LogP contribution is 2.29. The number of benzene rings is 1. The van der Waals surface area contributed by atoms with Gasteiger partial charge in [-0.2, -0.15) is 0 Å². The zero-order valence-electron chi connectivity index (χ0n) is 12.4. The number of nitrogens with one attached hydrogen (secondary N) is 1. The molecule has 1 aromatic carbocycles. The molecular formula is C15H24BrFN2O. The van der Waals surface area contributed by atoms with Crippen LogP contribution in [0.3, 0.4) is 0 Å². The van der Waals surface area contributed by atoms with Crippen molar-refractivity contribution in [2.75, 3.05) is 6.61 Å².